The van der Waals surface area contributed by atoms with Crippen LogP contribution in [0.3, 0.4) is 0 Å². The summed E-state index contributed by atoms with van der Waals surface area (Å²) < 4.78 is 26.9. The maximum Gasteiger partial charge on any atom is 0.262 e. The average molecular weight is 370 g/mol. The van der Waals surface area contributed by atoms with Crippen LogP contribution < -0.4 is 10.6 Å². The molecule has 112 valence electrons. The van der Waals surface area contributed by atoms with Crippen LogP contribution in [0.5, 0.6) is 0 Å². The Morgan fingerprint density at radius 1 is 1.50 bits per heavy atom. The molecule has 2 atom stereocenters. The highest BCUT2D eigenvalue weighted by atomic mass is 79.9. The Bertz CT molecular complexity index is 487. The van der Waals surface area contributed by atoms with Gasteiger partial charge in [-0.2, -0.15) is 0 Å². The standard InChI is InChI=1S/C13H15BrF2N2O.ClH/c1-8(9-4-2-3-5-10(9)14)18-12(19)11-6-13(15,16)7-17-11;/h2-5,8,11,17H,6-7H2,1H3,(H,18,19);1H. The summed E-state index contributed by atoms with van der Waals surface area (Å²) in [6.45, 7) is 1.39. The second-order valence-electron chi connectivity index (χ2n) is 4.75. The van der Waals surface area contributed by atoms with Gasteiger partial charge in [-0.05, 0) is 18.6 Å². The van der Waals surface area contributed by atoms with Crippen molar-refractivity contribution in [1.82, 2.24) is 10.6 Å². The molecular formula is C13H16BrClF2N2O. The van der Waals surface area contributed by atoms with E-state index in [0.717, 1.165) is 10.0 Å². The van der Waals surface area contributed by atoms with Gasteiger partial charge in [0.1, 0.15) is 0 Å². The molecule has 0 saturated carbocycles. The third kappa shape index (κ3) is 4.14. The molecule has 1 heterocycles. The molecule has 2 rings (SSSR count). The van der Waals surface area contributed by atoms with Gasteiger partial charge in [-0.3, -0.25) is 10.1 Å². The second kappa shape index (κ2) is 6.83. The molecule has 1 aromatic carbocycles. The van der Waals surface area contributed by atoms with Gasteiger partial charge in [0.2, 0.25) is 5.91 Å². The van der Waals surface area contributed by atoms with Crippen molar-refractivity contribution in [2.75, 3.05) is 6.54 Å². The van der Waals surface area contributed by atoms with Crippen LogP contribution in [0, 0.1) is 0 Å². The lowest BCUT2D eigenvalue weighted by Gasteiger charge is -2.18. The maximum atomic E-state index is 13.0. The van der Waals surface area contributed by atoms with E-state index in [-0.39, 0.29) is 24.4 Å². The van der Waals surface area contributed by atoms with Gasteiger partial charge < -0.3 is 5.32 Å². The highest BCUT2D eigenvalue weighted by molar-refractivity contribution is 9.10. The van der Waals surface area contributed by atoms with Crippen LogP contribution in [0.1, 0.15) is 24.9 Å². The number of rotatable bonds is 3. The van der Waals surface area contributed by atoms with Gasteiger partial charge in [0.25, 0.3) is 5.92 Å². The fourth-order valence-corrected chi connectivity index (χ4v) is 2.75. The summed E-state index contributed by atoms with van der Waals surface area (Å²) >= 11 is 3.40. The number of carbonyl (C=O) groups excluding carboxylic acids is 1. The molecule has 1 aliphatic heterocycles. The van der Waals surface area contributed by atoms with Gasteiger partial charge in [0.15, 0.2) is 0 Å². The first-order valence-corrected chi connectivity index (χ1v) is 6.84. The van der Waals surface area contributed by atoms with Crippen molar-refractivity contribution < 1.29 is 13.6 Å². The zero-order valence-electron chi connectivity index (χ0n) is 10.8. The first kappa shape index (κ1) is 17.3. The first-order chi connectivity index (χ1) is 8.89. The van der Waals surface area contributed by atoms with Crippen molar-refractivity contribution in [3.05, 3.63) is 34.3 Å². The van der Waals surface area contributed by atoms with Crippen LogP contribution in [0.15, 0.2) is 28.7 Å². The van der Waals surface area contributed by atoms with E-state index in [1.165, 1.54) is 0 Å². The van der Waals surface area contributed by atoms with Crippen molar-refractivity contribution in [2.45, 2.75) is 31.4 Å². The van der Waals surface area contributed by atoms with E-state index in [9.17, 15) is 13.6 Å². The quantitative estimate of drug-likeness (QED) is 0.860. The molecule has 1 aliphatic rings. The number of carbonyl (C=O) groups is 1. The van der Waals surface area contributed by atoms with Crippen molar-refractivity contribution in [3.63, 3.8) is 0 Å². The molecule has 1 amide bonds. The third-order valence-electron chi connectivity index (χ3n) is 3.16. The predicted octanol–water partition coefficient (Wildman–Crippen LogP) is 3.05. The Hall–Kier alpha value is -0.720. The topological polar surface area (TPSA) is 41.1 Å². The monoisotopic (exact) mass is 368 g/mol. The highest BCUT2D eigenvalue weighted by Gasteiger charge is 2.42. The molecule has 20 heavy (non-hydrogen) atoms. The minimum atomic E-state index is -2.79. The van der Waals surface area contributed by atoms with E-state index in [1.807, 2.05) is 31.2 Å². The molecular weight excluding hydrogens is 354 g/mol. The first-order valence-electron chi connectivity index (χ1n) is 6.05. The Balaban J connectivity index is 0.00000200. The summed E-state index contributed by atoms with van der Waals surface area (Å²) in [7, 11) is 0. The lowest BCUT2D eigenvalue weighted by molar-refractivity contribution is -0.124. The number of benzene rings is 1. The number of halogens is 4. The molecule has 0 aromatic heterocycles. The zero-order chi connectivity index (χ0) is 14.0. The van der Waals surface area contributed by atoms with Crippen molar-refractivity contribution in [2.24, 2.45) is 0 Å². The molecule has 3 nitrogen and oxygen atoms in total. The van der Waals surface area contributed by atoms with Crippen LogP contribution in [0.2, 0.25) is 0 Å². The predicted molar refractivity (Wildman–Crippen MR) is 79.3 cm³/mol. The molecule has 0 spiro atoms. The van der Waals surface area contributed by atoms with Crippen molar-refractivity contribution in [3.8, 4) is 0 Å². The largest absolute Gasteiger partial charge is 0.348 e. The molecule has 1 saturated heterocycles. The number of hydrogen-bond donors (Lipinski definition) is 2. The lowest BCUT2D eigenvalue weighted by atomic mass is 10.1. The SMILES string of the molecule is CC(NC(=O)C1CC(F)(F)CN1)c1ccccc1Br.Cl. The minimum Gasteiger partial charge on any atom is -0.348 e. The van der Waals surface area contributed by atoms with Gasteiger partial charge in [0.05, 0.1) is 18.6 Å². The van der Waals surface area contributed by atoms with Gasteiger partial charge in [-0.25, -0.2) is 8.78 Å². The van der Waals surface area contributed by atoms with Crippen LogP contribution >= 0.6 is 28.3 Å². The van der Waals surface area contributed by atoms with E-state index >= 15 is 0 Å². The minimum absolute atomic E-state index is 0. The molecule has 2 unspecified atom stereocenters. The Morgan fingerprint density at radius 3 is 2.70 bits per heavy atom. The maximum absolute atomic E-state index is 13.0. The number of alkyl halides is 2. The fraction of sp³-hybridized carbons (Fsp3) is 0.462. The smallest absolute Gasteiger partial charge is 0.262 e. The van der Waals surface area contributed by atoms with Crippen LogP contribution in [-0.2, 0) is 4.79 Å². The van der Waals surface area contributed by atoms with Crippen LogP contribution in [-0.4, -0.2) is 24.4 Å². The summed E-state index contributed by atoms with van der Waals surface area (Å²) in [6, 6.07) is 6.44. The van der Waals surface area contributed by atoms with Crippen LogP contribution in [0.25, 0.3) is 0 Å². The van der Waals surface area contributed by atoms with E-state index in [2.05, 4.69) is 26.6 Å². The third-order valence-corrected chi connectivity index (χ3v) is 3.88. The summed E-state index contributed by atoms with van der Waals surface area (Å²) in [5.74, 6) is -3.18. The van der Waals surface area contributed by atoms with Crippen LogP contribution in [0.4, 0.5) is 8.78 Å². The Morgan fingerprint density at radius 2 is 2.15 bits per heavy atom. The fourth-order valence-electron chi connectivity index (χ4n) is 2.12. The van der Waals surface area contributed by atoms with Gasteiger partial charge in [0, 0.05) is 10.9 Å². The summed E-state index contributed by atoms with van der Waals surface area (Å²) in [5.41, 5.74) is 0.917. The molecule has 2 N–H and O–H groups in total. The van der Waals surface area contributed by atoms with E-state index in [0.29, 0.717) is 0 Å². The normalized spacial score (nSPS) is 21.9. The molecule has 0 bridgehead atoms. The van der Waals surface area contributed by atoms with E-state index in [1.54, 1.807) is 0 Å². The van der Waals surface area contributed by atoms with E-state index < -0.39 is 24.9 Å². The Kier molecular flexibility index (Phi) is 5.91. The lowest BCUT2D eigenvalue weighted by Crippen LogP contribution is -2.41. The van der Waals surface area contributed by atoms with Crippen molar-refractivity contribution >= 4 is 34.2 Å². The summed E-state index contributed by atoms with van der Waals surface area (Å²) in [4.78, 5) is 11.9. The number of nitrogens with one attached hydrogen (secondary N) is 2. The van der Waals surface area contributed by atoms with Gasteiger partial charge in [-0.1, -0.05) is 34.1 Å². The molecule has 0 radical (unpaired) electrons. The average Bonchev–Trinajstić information content (AvgIpc) is 2.70. The highest BCUT2D eigenvalue weighted by Crippen LogP contribution is 2.26. The Labute approximate surface area is 131 Å². The van der Waals surface area contributed by atoms with Gasteiger partial charge >= 0.3 is 0 Å². The molecule has 1 fully saturated rings. The van der Waals surface area contributed by atoms with Gasteiger partial charge in [-0.15, -0.1) is 12.4 Å². The molecule has 0 aliphatic carbocycles. The second-order valence-corrected chi connectivity index (χ2v) is 5.60. The van der Waals surface area contributed by atoms with Crippen molar-refractivity contribution in [1.29, 1.82) is 0 Å². The van der Waals surface area contributed by atoms with E-state index in [4.69, 9.17) is 0 Å². The zero-order valence-corrected chi connectivity index (χ0v) is 13.2. The summed E-state index contributed by atoms with van der Waals surface area (Å²) in [5, 5.41) is 5.30. The molecule has 1 aromatic rings. The number of amides is 1. The molecule has 7 heteroatoms. The summed E-state index contributed by atoms with van der Waals surface area (Å²) in [6.07, 6.45) is -0.443. The number of hydrogen-bond acceptors (Lipinski definition) is 2.